The van der Waals surface area contributed by atoms with Crippen LogP contribution in [0.4, 0.5) is 0 Å². The fourth-order valence-corrected chi connectivity index (χ4v) is 2.33. The van der Waals surface area contributed by atoms with Crippen LogP contribution >= 0.6 is 0 Å². The molecule has 0 fully saturated rings. The second kappa shape index (κ2) is 4.37. The van der Waals surface area contributed by atoms with Gasteiger partial charge in [-0.3, -0.25) is 4.79 Å². The van der Waals surface area contributed by atoms with Crippen molar-refractivity contribution in [2.45, 2.75) is 38.5 Å². The Labute approximate surface area is 107 Å². The Morgan fingerprint density at radius 2 is 2.11 bits per heavy atom. The lowest BCUT2D eigenvalue weighted by molar-refractivity contribution is -0.0631. The van der Waals surface area contributed by atoms with Crippen LogP contribution in [0, 0.1) is 0 Å². The first-order chi connectivity index (χ1) is 8.36. The van der Waals surface area contributed by atoms with Crippen molar-refractivity contribution in [3.63, 3.8) is 0 Å². The molecule has 0 radical (unpaired) electrons. The number of fused-ring (bicyclic) bond motifs is 1. The van der Waals surface area contributed by atoms with Crippen LogP contribution in [0.2, 0.25) is 0 Å². The molecule has 0 aliphatic carbocycles. The van der Waals surface area contributed by atoms with Gasteiger partial charge in [0.05, 0.1) is 6.04 Å². The van der Waals surface area contributed by atoms with Crippen molar-refractivity contribution in [3.05, 3.63) is 29.3 Å². The summed E-state index contributed by atoms with van der Waals surface area (Å²) < 4.78 is 5.80. The van der Waals surface area contributed by atoms with Crippen molar-refractivity contribution in [3.8, 4) is 5.75 Å². The third-order valence-electron chi connectivity index (χ3n) is 3.46. The number of aliphatic hydroxyl groups is 1. The van der Waals surface area contributed by atoms with Gasteiger partial charge in [-0.2, -0.15) is 0 Å². The molecule has 4 heteroatoms. The number of hydrogen-bond donors (Lipinski definition) is 2. The topological polar surface area (TPSA) is 58.6 Å². The van der Waals surface area contributed by atoms with Gasteiger partial charge in [-0.05, 0) is 46.0 Å². The van der Waals surface area contributed by atoms with Gasteiger partial charge in [-0.25, -0.2) is 0 Å². The quantitative estimate of drug-likeness (QED) is 0.783. The van der Waals surface area contributed by atoms with E-state index < -0.39 is 11.7 Å². The summed E-state index contributed by atoms with van der Waals surface area (Å²) in [4.78, 5) is 11.4. The summed E-state index contributed by atoms with van der Waals surface area (Å²) in [5, 5.41) is 13.4. The van der Waals surface area contributed by atoms with E-state index in [1.54, 1.807) is 25.2 Å². The molecule has 0 bridgehead atoms. The molecule has 0 saturated heterocycles. The van der Waals surface area contributed by atoms with Gasteiger partial charge in [0, 0.05) is 11.1 Å². The van der Waals surface area contributed by atoms with Crippen LogP contribution in [-0.4, -0.2) is 29.6 Å². The predicted octanol–water partition coefficient (Wildman–Crippen LogP) is 1.68. The fraction of sp³-hybridized carbons (Fsp3) is 0.500. The number of carbonyl (C=O) groups excluding carboxylic acids is 1. The molecule has 98 valence electrons. The molecule has 1 aromatic carbocycles. The van der Waals surface area contributed by atoms with E-state index in [1.165, 1.54) is 6.92 Å². The second-order valence-corrected chi connectivity index (χ2v) is 5.23. The molecule has 0 saturated carbocycles. The maximum absolute atomic E-state index is 11.4. The number of Topliss-reactive ketones (excluding diaryl/α,β-unsaturated/α-hetero) is 1. The van der Waals surface area contributed by atoms with E-state index in [4.69, 9.17) is 4.74 Å². The summed E-state index contributed by atoms with van der Waals surface area (Å²) in [7, 11) is 1.79. The number of ether oxygens (including phenoxy) is 1. The van der Waals surface area contributed by atoms with Gasteiger partial charge >= 0.3 is 0 Å². The van der Waals surface area contributed by atoms with Crippen LogP contribution in [0.5, 0.6) is 5.75 Å². The molecule has 1 heterocycles. The lowest BCUT2D eigenvalue weighted by Gasteiger charge is -2.42. The van der Waals surface area contributed by atoms with Gasteiger partial charge in [-0.1, -0.05) is 0 Å². The van der Waals surface area contributed by atoms with E-state index in [0.29, 0.717) is 5.56 Å². The largest absolute Gasteiger partial charge is 0.485 e. The van der Waals surface area contributed by atoms with Crippen LogP contribution < -0.4 is 10.1 Å². The Hall–Kier alpha value is -1.39. The number of benzene rings is 1. The molecule has 1 aliphatic heterocycles. The van der Waals surface area contributed by atoms with Crippen molar-refractivity contribution in [2.24, 2.45) is 0 Å². The minimum Gasteiger partial charge on any atom is -0.485 e. The number of rotatable bonds is 2. The summed E-state index contributed by atoms with van der Waals surface area (Å²) in [5.41, 5.74) is 0.805. The number of likely N-dealkylation sites (N-methyl/N-ethyl adjacent to an activating group) is 1. The Morgan fingerprint density at radius 1 is 1.44 bits per heavy atom. The van der Waals surface area contributed by atoms with E-state index in [9.17, 15) is 9.90 Å². The van der Waals surface area contributed by atoms with Gasteiger partial charge < -0.3 is 15.2 Å². The fourth-order valence-electron chi connectivity index (χ4n) is 2.33. The van der Waals surface area contributed by atoms with E-state index in [-0.39, 0.29) is 11.8 Å². The van der Waals surface area contributed by atoms with Gasteiger partial charge in [0.1, 0.15) is 17.5 Å². The zero-order valence-corrected chi connectivity index (χ0v) is 11.2. The highest BCUT2D eigenvalue weighted by Crippen LogP contribution is 2.39. The number of nitrogens with one attached hydrogen (secondary N) is 1. The summed E-state index contributed by atoms with van der Waals surface area (Å²) in [6.07, 6.45) is -0.669. The van der Waals surface area contributed by atoms with Crippen LogP contribution in [0.25, 0.3) is 0 Å². The maximum atomic E-state index is 11.4. The Balaban J connectivity index is 2.53. The normalized spacial score (nSPS) is 25.2. The first-order valence-corrected chi connectivity index (χ1v) is 6.06. The monoisotopic (exact) mass is 249 g/mol. The minimum atomic E-state index is -0.669. The Bertz CT molecular complexity index is 482. The summed E-state index contributed by atoms with van der Waals surface area (Å²) in [6.45, 7) is 5.23. The summed E-state index contributed by atoms with van der Waals surface area (Å²) >= 11 is 0. The molecule has 0 amide bonds. The molecular formula is C14H19NO3. The van der Waals surface area contributed by atoms with Gasteiger partial charge in [0.15, 0.2) is 5.78 Å². The van der Waals surface area contributed by atoms with Crippen molar-refractivity contribution >= 4 is 5.78 Å². The number of hydrogen-bond acceptors (Lipinski definition) is 4. The van der Waals surface area contributed by atoms with E-state index in [0.717, 1.165) is 11.3 Å². The molecule has 0 spiro atoms. The van der Waals surface area contributed by atoms with E-state index >= 15 is 0 Å². The van der Waals surface area contributed by atoms with Crippen LogP contribution in [-0.2, 0) is 0 Å². The maximum Gasteiger partial charge on any atom is 0.159 e. The highest BCUT2D eigenvalue weighted by molar-refractivity contribution is 5.94. The molecule has 1 aromatic rings. The SMILES string of the molecule is CNC1c2cc(C(C)=O)ccc2OC(C)(C)C1O. The third-order valence-corrected chi connectivity index (χ3v) is 3.46. The molecule has 2 N–H and O–H groups in total. The average molecular weight is 249 g/mol. The van der Waals surface area contributed by atoms with Crippen LogP contribution in [0.3, 0.4) is 0 Å². The molecule has 0 aromatic heterocycles. The predicted molar refractivity (Wildman–Crippen MR) is 69.0 cm³/mol. The molecule has 2 rings (SSSR count). The van der Waals surface area contributed by atoms with Gasteiger partial charge in [-0.15, -0.1) is 0 Å². The zero-order valence-electron chi connectivity index (χ0n) is 11.2. The second-order valence-electron chi connectivity index (χ2n) is 5.23. The first-order valence-electron chi connectivity index (χ1n) is 6.06. The van der Waals surface area contributed by atoms with E-state index in [2.05, 4.69) is 5.32 Å². The van der Waals surface area contributed by atoms with Crippen molar-refractivity contribution in [2.75, 3.05) is 7.05 Å². The first kappa shape index (κ1) is 13.1. The highest BCUT2D eigenvalue weighted by atomic mass is 16.5. The molecular weight excluding hydrogens is 230 g/mol. The smallest absolute Gasteiger partial charge is 0.159 e. The highest BCUT2D eigenvalue weighted by Gasteiger charge is 2.42. The van der Waals surface area contributed by atoms with Gasteiger partial charge in [0.2, 0.25) is 0 Å². The molecule has 1 aliphatic rings. The molecule has 2 atom stereocenters. The van der Waals surface area contributed by atoms with Crippen molar-refractivity contribution < 1.29 is 14.6 Å². The minimum absolute atomic E-state index is 0.00646. The summed E-state index contributed by atoms with van der Waals surface area (Å²) in [5.74, 6) is 0.724. The Morgan fingerprint density at radius 3 is 2.67 bits per heavy atom. The standard InChI is InChI=1S/C14H19NO3/c1-8(16)9-5-6-11-10(7-9)12(15-4)13(17)14(2,3)18-11/h5-7,12-13,15,17H,1-4H3. The van der Waals surface area contributed by atoms with Crippen molar-refractivity contribution in [1.29, 1.82) is 0 Å². The summed E-state index contributed by atoms with van der Waals surface area (Å²) in [6, 6.07) is 5.10. The Kier molecular flexibility index (Phi) is 3.17. The average Bonchev–Trinajstić information content (AvgIpc) is 2.30. The number of aliphatic hydroxyl groups excluding tert-OH is 1. The van der Waals surface area contributed by atoms with Crippen molar-refractivity contribution in [1.82, 2.24) is 5.32 Å². The van der Waals surface area contributed by atoms with Crippen LogP contribution in [0.1, 0.15) is 42.7 Å². The molecule has 18 heavy (non-hydrogen) atoms. The number of carbonyl (C=O) groups is 1. The third kappa shape index (κ3) is 2.02. The lowest BCUT2D eigenvalue weighted by atomic mass is 9.86. The molecule has 4 nitrogen and oxygen atoms in total. The number of ketones is 1. The van der Waals surface area contributed by atoms with Crippen LogP contribution in [0.15, 0.2) is 18.2 Å². The lowest BCUT2D eigenvalue weighted by Crippen LogP contribution is -2.52. The zero-order chi connectivity index (χ0) is 13.5. The van der Waals surface area contributed by atoms with E-state index in [1.807, 2.05) is 13.8 Å². The van der Waals surface area contributed by atoms with Gasteiger partial charge in [0.25, 0.3) is 0 Å². The molecule has 2 unspecified atom stereocenters.